The minimum absolute atomic E-state index is 0.0761. The number of hydrogen-bond donors (Lipinski definition) is 1. The van der Waals surface area contributed by atoms with Gasteiger partial charge in [-0.05, 0) is 159 Å². The second-order valence-corrected chi connectivity index (χ2v) is 18.8. The summed E-state index contributed by atoms with van der Waals surface area (Å²) in [4.78, 5) is 34.4. The Hall–Kier alpha value is -7.01. The van der Waals surface area contributed by atoms with Gasteiger partial charge in [-0.15, -0.1) is 21.5 Å². The molecular formula is C60H68N6O3S. The molecule has 0 radical (unpaired) electrons. The van der Waals surface area contributed by atoms with Gasteiger partial charge in [0.2, 0.25) is 11.8 Å². The Morgan fingerprint density at radius 2 is 1.17 bits per heavy atom. The largest absolute Gasteiger partial charge is 0.416 e. The fraction of sp³-hybridized carbons (Fsp3) is 0.283. The van der Waals surface area contributed by atoms with Gasteiger partial charge in [0.1, 0.15) is 5.01 Å². The number of ketones is 2. The maximum absolute atomic E-state index is 12.7. The number of carbonyl (C=O) groups is 2. The lowest BCUT2D eigenvalue weighted by Gasteiger charge is -2.21. The first-order chi connectivity index (χ1) is 33.8. The van der Waals surface area contributed by atoms with Crippen LogP contribution in [0, 0.1) is 0 Å². The van der Waals surface area contributed by atoms with Crippen molar-refractivity contribution in [2.45, 2.75) is 80.6 Å². The average Bonchev–Trinajstić information content (AvgIpc) is 4.07. The highest BCUT2D eigenvalue weighted by Gasteiger charge is 2.23. The van der Waals surface area contributed by atoms with E-state index in [-0.39, 0.29) is 17.0 Å². The number of nitrogens with zero attached hydrogens (tertiary/aromatic N) is 5. The van der Waals surface area contributed by atoms with E-state index < -0.39 is 0 Å². The molecule has 2 N–H and O–H groups in total. The summed E-state index contributed by atoms with van der Waals surface area (Å²) in [5, 5.41) is 9.09. The zero-order chi connectivity index (χ0) is 50.2. The second-order valence-electron chi connectivity index (χ2n) is 17.8. The van der Waals surface area contributed by atoms with Crippen molar-refractivity contribution in [3.05, 3.63) is 184 Å². The Balaban J connectivity index is 0.000000168. The Bertz CT molecular complexity index is 2850. The molecular weight excluding hydrogens is 885 g/mol. The number of benzene rings is 6. The Morgan fingerprint density at radius 1 is 0.657 bits per heavy atom. The fourth-order valence-corrected chi connectivity index (χ4v) is 8.99. The van der Waals surface area contributed by atoms with Crippen LogP contribution in [0.2, 0.25) is 0 Å². The molecule has 2 aromatic heterocycles. The number of para-hydroxylation sites is 1. The first-order valence-electron chi connectivity index (χ1n) is 24.5. The minimum atomic E-state index is 0.0761. The van der Waals surface area contributed by atoms with E-state index in [9.17, 15) is 9.59 Å². The molecule has 2 heterocycles. The molecule has 0 atom stereocenters. The zero-order valence-electron chi connectivity index (χ0n) is 42.3. The number of nitrogens with two attached hydrogens (primary N) is 1. The van der Waals surface area contributed by atoms with Gasteiger partial charge in [-0.3, -0.25) is 9.59 Å². The predicted octanol–water partition coefficient (Wildman–Crippen LogP) is 13.8. The first-order valence-corrected chi connectivity index (χ1v) is 25.3. The number of Topliss-reactive ketones (excluding diaryl/α,β-unsaturated/α-hetero) is 1. The van der Waals surface area contributed by atoms with E-state index in [1.54, 1.807) is 11.3 Å². The number of hydrogen-bond acceptors (Lipinski definition) is 10. The number of carbonyl (C=O) groups excluding carboxylic acids is 2. The lowest BCUT2D eigenvalue weighted by Crippen LogP contribution is -2.22. The molecule has 0 aliphatic heterocycles. The number of aryl methyl sites for hydroxylation is 1. The summed E-state index contributed by atoms with van der Waals surface area (Å²) < 4.78 is 6.88. The van der Waals surface area contributed by atoms with E-state index in [0.29, 0.717) is 18.2 Å². The lowest BCUT2D eigenvalue weighted by molar-refractivity contribution is -0.113. The number of anilines is 2. The standard InChI is InChI=1S/C21H28N2O.C19H15NOS.C18H18N2O.C2H7N/c1-5-22(6-2)19-13-9-17(10-14-19)21(24)18-11-15-20(16-12-18)23(7-3)8-4;1-2-12-7-8-13-10-15(17(21)11-14(13)9-12)19-20-16-5-3-4-6-18(16)22-19;1-18(2,3)15-11-9-14(10-12-15)17-20-19-16(21-17)13-7-5-4-6-8-13;1-2-3/h9-16H,5-8H2,1-4H3;3-10H,2,11H2,1H3;4-12H,1-3H3;2-3H2,1H3. The molecule has 0 spiro atoms. The molecule has 0 saturated carbocycles. The number of rotatable bonds is 12. The van der Waals surface area contributed by atoms with Crippen LogP contribution in [0.5, 0.6) is 0 Å². The lowest BCUT2D eigenvalue weighted by atomic mass is 9.87. The van der Waals surface area contributed by atoms with Gasteiger partial charge in [-0.25, -0.2) is 4.98 Å². The third-order valence-corrected chi connectivity index (χ3v) is 13.1. The van der Waals surface area contributed by atoms with Crippen LogP contribution in [0.3, 0.4) is 0 Å². The van der Waals surface area contributed by atoms with Crippen molar-refractivity contribution in [2.24, 2.45) is 5.73 Å². The normalized spacial score (nSPS) is 11.7. The molecule has 1 aliphatic carbocycles. The van der Waals surface area contributed by atoms with Gasteiger partial charge in [0, 0.05) is 66.2 Å². The summed E-state index contributed by atoms with van der Waals surface area (Å²) in [5.74, 6) is 1.34. The number of thiazole rings is 1. The summed E-state index contributed by atoms with van der Waals surface area (Å²) in [5.41, 5.74) is 17.2. The molecule has 10 heteroatoms. The van der Waals surface area contributed by atoms with Crippen LogP contribution in [0.25, 0.3) is 44.8 Å². The van der Waals surface area contributed by atoms with Gasteiger partial charge < -0.3 is 20.0 Å². The van der Waals surface area contributed by atoms with Gasteiger partial charge in [-0.2, -0.15) is 0 Å². The van der Waals surface area contributed by atoms with Crippen molar-refractivity contribution in [3.8, 4) is 22.9 Å². The Morgan fingerprint density at radius 3 is 1.67 bits per heavy atom. The number of fused-ring (bicyclic) bond motifs is 2. The summed E-state index contributed by atoms with van der Waals surface area (Å²) >= 11 is 1.59. The molecule has 0 fully saturated rings. The van der Waals surface area contributed by atoms with E-state index >= 15 is 0 Å². The van der Waals surface area contributed by atoms with Crippen LogP contribution in [0.4, 0.5) is 11.4 Å². The molecule has 8 aromatic rings. The van der Waals surface area contributed by atoms with Crippen LogP contribution in [0.1, 0.15) is 105 Å². The minimum Gasteiger partial charge on any atom is -0.416 e. The van der Waals surface area contributed by atoms with Gasteiger partial charge >= 0.3 is 0 Å². The van der Waals surface area contributed by atoms with Gasteiger partial charge in [-0.1, -0.05) is 95.3 Å². The highest BCUT2D eigenvalue weighted by molar-refractivity contribution is 7.19. The summed E-state index contributed by atoms with van der Waals surface area (Å²) in [6, 6.07) is 48.3. The van der Waals surface area contributed by atoms with E-state index in [1.807, 2.05) is 128 Å². The van der Waals surface area contributed by atoms with Crippen molar-refractivity contribution in [1.29, 1.82) is 0 Å². The Kier molecular flexibility index (Phi) is 18.7. The van der Waals surface area contributed by atoms with Crippen molar-refractivity contribution in [2.75, 3.05) is 42.5 Å². The molecule has 0 saturated heterocycles. The van der Waals surface area contributed by atoms with E-state index in [0.717, 1.165) is 105 Å². The first kappa shape index (κ1) is 52.4. The Labute approximate surface area is 419 Å². The topological polar surface area (TPSA) is 118 Å². The summed E-state index contributed by atoms with van der Waals surface area (Å²) in [7, 11) is 0. The highest BCUT2D eigenvalue weighted by Crippen LogP contribution is 2.34. The number of aromatic nitrogens is 3. The second kappa shape index (κ2) is 25.0. The monoisotopic (exact) mass is 953 g/mol. The van der Waals surface area contributed by atoms with E-state index in [4.69, 9.17) is 10.2 Å². The molecule has 0 bridgehead atoms. The molecule has 0 amide bonds. The predicted molar refractivity (Wildman–Crippen MR) is 294 cm³/mol. The molecule has 1 aliphatic rings. The molecule has 0 unspecified atom stereocenters. The fourth-order valence-electron chi connectivity index (χ4n) is 7.99. The molecule has 70 heavy (non-hydrogen) atoms. The summed E-state index contributed by atoms with van der Waals surface area (Å²) in [6.07, 6.45) is 3.47. The maximum atomic E-state index is 12.7. The molecule has 9 rings (SSSR count). The van der Waals surface area contributed by atoms with Crippen molar-refractivity contribution >= 4 is 56.1 Å². The third kappa shape index (κ3) is 13.4. The van der Waals surface area contributed by atoms with Crippen molar-refractivity contribution < 1.29 is 14.0 Å². The maximum Gasteiger partial charge on any atom is 0.248 e. The third-order valence-electron chi connectivity index (χ3n) is 12.1. The van der Waals surface area contributed by atoms with Crippen molar-refractivity contribution in [1.82, 2.24) is 15.2 Å². The van der Waals surface area contributed by atoms with Gasteiger partial charge in [0.15, 0.2) is 11.6 Å². The van der Waals surface area contributed by atoms with Crippen LogP contribution in [0.15, 0.2) is 150 Å². The van der Waals surface area contributed by atoms with Crippen LogP contribution >= 0.6 is 11.3 Å². The number of allylic oxidation sites excluding steroid dienone is 1. The van der Waals surface area contributed by atoms with Crippen LogP contribution < -0.4 is 15.5 Å². The van der Waals surface area contributed by atoms with E-state index in [2.05, 4.69) is 111 Å². The molecule has 9 nitrogen and oxygen atoms in total. The average molecular weight is 953 g/mol. The highest BCUT2D eigenvalue weighted by atomic mass is 32.1. The zero-order valence-corrected chi connectivity index (χ0v) is 43.1. The quantitative estimate of drug-likeness (QED) is 0.119. The molecule has 362 valence electrons. The van der Waals surface area contributed by atoms with E-state index in [1.165, 1.54) is 11.1 Å². The smallest absolute Gasteiger partial charge is 0.248 e. The molecule has 6 aromatic carbocycles. The SMILES string of the molecule is CC(C)(C)c1ccc(-c2nnc(-c3ccccc3)o2)cc1.CCN.CCN(CC)c1ccc(C(=O)c2ccc(N(CC)CC)cc2)cc1.CCc1ccc2c(c1)CC(=O)C(c1nc3ccccc3s1)=C2. The van der Waals surface area contributed by atoms with Crippen molar-refractivity contribution in [3.63, 3.8) is 0 Å². The van der Waals surface area contributed by atoms with Crippen LogP contribution in [-0.2, 0) is 23.1 Å². The summed E-state index contributed by atoms with van der Waals surface area (Å²) in [6.45, 7) is 23.8. The van der Waals surface area contributed by atoms with Gasteiger partial charge in [0.05, 0.1) is 15.8 Å². The van der Waals surface area contributed by atoms with Gasteiger partial charge in [0.25, 0.3) is 0 Å². The van der Waals surface area contributed by atoms with Crippen LogP contribution in [-0.4, -0.2) is 59.5 Å².